The van der Waals surface area contributed by atoms with Gasteiger partial charge in [-0.3, -0.25) is 0 Å². The van der Waals surface area contributed by atoms with Crippen molar-refractivity contribution in [3.8, 4) is 0 Å². The van der Waals surface area contributed by atoms with E-state index in [9.17, 15) is 9.63 Å². The van der Waals surface area contributed by atoms with Crippen LogP contribution in [0, 0.1) is 0 Å². The first kappa shape index (κ1) is 22.4. The highest BCUT2D eigenvalue weighted by Gasteiger charge is 2.30. The van der Waals surface area contributed by atoms with Gasteiger partial charge in [0.05, 0.1) is 0 Å². The van der Waals surface area contributed by atoms with E-state index in [4.69, 9.17) is 0 Å². The molecule has 1 atom stereocenters. The topological polar surface area (TPSA) is 29.5 Å². The molecular formula is C15H33ClFNO2. The van der Waals surface area contributed by atoms with Crippen molar-refractivity contribution in [3.05, 3.63) is 0 Å². The fourth-order valence-electron chi connectivity index (χ4n) is 2.42. The minimum absolute atomic E-state index is 0. The first-order chi connectivity index (χ1) is 9.14. The van der Waals surface area contributed by atoms with Gasteiger partial charge < -0.3 is 17.5 Å². The van der Waals surface area contributed by atoms with Crippen LogP contribution in [0.3, 0.4) is 0 Å². The minimum atomic E-state index is -0.466. The molecule has 20 heavy (non-hydrogen) atoms. The Kier molecular flexibility index (Phi) is 15.7. The molecule has 0 aliphatic carbocycles. The molecule has 0 fully saturated rings. The van der Waals surface area contributed by atoms with Crippen molar-refractivity contribution in [1.82, 2.24) is 0 Å². The fourth-order valence-corrected chi connectivity index (χ4v) is 2.42. The van der Waals surface area contributed by atoms with Gasteiger partial charge in [0.15, 0.2) is 0 Å². The number of hydrogen-bond acceptors (Lipinski definition) is 2. The van der Waals surface area contributed by atoms with Gasteiger partial charge in [0.2, 0.25) is 0 Å². The van der Waals surface area contributed by atoms with Crippen molar-refractivity contribution in [2.24, 2.45) is 0 Å². The SMILES string of the molecule is CCCCCCCCCC(O)C[N+](CC)(CC)OF.[Cl-]. The lowest BCUT2D eigenvalue weighted by Gasteiger charge is -2.29. The van der Waals surface area contributed by atoms with E-state index in [2.05, 4.69) is 12.0 Å². The van der Waals surface area contributed by atoms with E-state index in [1.807, 2.05) is 13.8 Å². The predicted octanol–water partition coefficient (Wildman–Crippen LogP) is 1.16. The summed E-state index contributed by atoms with van der Waals surface area (Å²) in [5.74, 6) is 0. The van der Waals surface area contributed by atoms with E-state index < -0.39 is 6.10 Å². The minimum Gasteiger partial charge on any atom is -1.00 e. The van der Waals surface area contributed by atoms with Crippen LogP contribution in [-0.4, -0.2) is 35.5 Å². The number of aliphatic hydroxyl groups is 1. The van der Waals surface area contributed by atoms with Gasteiger partial charge in [-0.25, -0.2) is 0 Å². The summed E-state index contributed by atoms with van der Waals surface area (Å²) in [6, 6.07) is 0. The van der Waals surface area contributed by atoms with E-state index in [1.165, 1.54) is 32.1 Å². The van der Waals surface area contributed by atoms with Crippen molar-refractivity contribution in [3.63, 3.8) is 0 Å². The number of likely N-dealkylation sites (N-methyl/N-ethyl adjacent to an activating group) is 1. The molecule has 0 spiro atoms. The van der Waals surface area contributed by atoms with Crippen LogP contribution in [0.25, 0.3) is 0 Å². The molecule has 0 saturated heterocycles. The van der Waals surface area contributed by atoms with Crippen LogP contribution in [-0.2, 0) is 5.04 Å². The van der Waals surface area contributed by atoms with E-state index in [1.54, 1.807) is 0 Å². The highest BCUT2D eigenvalue weighted by Crippen LogP contribution is 2.14. The van der Waals surface area contributed by atoms with Gasteiger partial charge in [0, 0.05) is 9.57 Å². The molecular weight excluding hydrogens is 281 g/mol. The van der Waals surface area contributed by atoms with Gasteiger partial charge in [0.25, 0.3) is 0 Å². The third kappa shape index (κ3) is 9.92. The van der Waals surface area contributed by atoms with Crippen molar-refractivity contribution >= 4 is 0 Å². The standard InChI is InChI=1S/C15H33FNO2.ClH/c1-4-7-8-9-10-11-12-13-15(18)14-17(5-2,6-3)19-16;/h15,18H,4-14H2,1-3H3;1H/q+1;/p-1. The Morgan fingerprint density at radius 3 is 1.90 bits per heavy atom. The number of rotatable bonds is 13. The van der Waals surface area contributed by atoms with Crippen LogP contribution >= 0.6 is 0 Å². The third-order valence-corrected chi connectivity index (χ3v) is 3.98. The summed E-state index contributed by atoms with van der Waals surface area (Å²) in [5.41, 5.74) is 0. The zero-order chi connectivity index (χ0) is 14.6. The van der Waals surface area contributed by atoms with Crippen molar-refractivity contribution in [2.45, 2.75) is 78.2 Å². The molecule has 0 aromatic heterocycles. The summed E-state index contributed by atoms with van der Waals surface area (Å²) in [7, 11) is 0. The quantitative estimate of drug-likeness (QED) is 0.314. The van der Waals surface area contributed by atoms with Gasteiger partial charge in [-0.2, -0.15) is 0 Å². The first-order valence-corrected chi connectivity index (χ1v) is 7.98. The molecule has 3 nitrogen and oxygen atoms in total. The normalized spacial score (nSPS) is 13.1. The molecule has 0 saturated carbocycles. The molecule has 0 aliphatic rings. The monoisotopic (exact) mass is 313 g/mol. The van der Waals surface area contributed by atoms with Gasteiger partial charge in [-0.05, 0) is 20.3 Å². The maximum Gasteiger partial charge on any atom is 0.138 e. The third-order valence-electron chi connectivity index (χ3n) is 3.98. The average molecular weight is 314 g/mol. The summed E-state index contributed by atoms with van der Waals surface area (Å²) in [4.78, 5) is 0. The fraction of sp³-hybridized carbons (Fsp3) is 1.00. The van der Waals surface area contributed by atoms with E-state index >= 15 is 0 Å². The van der Waals surface area contributed by atoms with Gasteiger partial charge in [0.1, 0.15) is 25.7 Å². The molecule has 0 amide bonds. The highest BCUT2D eigenvalue weighted by molar-refractivity contribution is 4.55. The number of hydroxylamine groups is 3. The van der Waals surface area contributed by atoms with Gasteiger partial charge >= 0.3 is 0 Å². The Balaban J connectivity index is 0. The van der Waals surface area contributed by atoms with Crippen LogP contribution in [0.15, 0.2) is 0 Å². The Labute approximate surface area is 130 Å². The van der Waals surface area contributed by atoms with Crippen LogP contribution < -0.4 is 12.4 Å². The Bertz CT molecular complexity index is 196. The summed E-state index contributed by atoms with van der Waals surface area (Å²) in [6.45, 7) is 7.41. The second kappa shape index (κ2) is 14.1. The first-order valence-electron chi connectivity index (χ1n) is 7.98. The average Bonchev–Trinajstić information content (AvgIpc) is 2.44. The van der Waals surface area contributed by atoms with Crippen LogP contribution in [0.4, 0.5) is 4.53 Å². The summed E-state index contributed by atoms with van der Waals surface area (Å²) in [5, 5.41) is 14.0. The molecule has 5 heteroatoms. The molecule has 124 valence electrons. The molecule has 0 bridgehead atoms. The molecule has 0 rings (SSSR count). The largest absolute Gasteiger partial charge is 1.00 e. The summed E-state index contributed by atoms with van der Waals surface area (Å²) in [6.07, 6.45) is 8.92. The zero-order valence-corrected chi connectivity index (χ0v) is 14.2. The lowest BCUT2D eigenvalue weighted by atomic mass is 10.1. The van der Waals surface area contributed by atoms with Crippen molar-refractivity contribution in [1.29, 1.82) is 0 Å². The smallest absolute Gasteiger partial charge is 0.138 e. The van der Waals surface area contributed by atoms with Crippen LogP contribution in [0.5, 0.6) is 0 Å². The molecule has 0 aromatic rings. The molecule has 1 N–H and O–H groups in total. The Hall–Kier alpha value is 0.100. The molecule has 0 heterocycles. The Morgan fingerprint density at radius 1 is 0.950 bits per heavy atom. The number of quaternary nitrogens is 1. The highest BCUT2D eigenvalue weighted by atomic mass is 35.5. The summed E-state index contributed by atoms with van der Waals surface area (Å²) < 4.78 is 12.5. The van der Waals surface area contributed by atoms with E-state index in [0.717, 1.165) is 19.3 Å². The molecule has 1 unspecified atom stereocenters. The van der Waals surface area contributed by atoms with Crippen molar-refractivity contribution < 1.29 is 31.7 Å². The molecule has 0 radical (unpaired) electrons. The maximum atomic E-state index is 12.6. The second-order valence-corrected chi connectivity index (χ2v) is 5.51. The summed E-state index contributed by atoms with van der Waals surface area (Å²) >= 11 is 0. The Morgan fingerprint density at radius 2 is 1.45 bits per heavy atom. The van der Waals surface area contributed by atoms with E-state index in [-0.39, 0.29) is 17.1 Å². The second-order valence-electron chi connectivity index (χ2n) is 5.51. The molecule has 0 aliphatic heterocycles. The van der Waals surface area contributed by atoms with E-state index in [0.29, 0.717) is 19.6 Å². The van der Waals surface area contributed by atoms with Gasteiger partial charge in [-0.15, -0.1) is 4.65 Å². The predicted molar refractivity (Wildman–Crippen MR) is 77.0 cm³/mol. The van der Waals surface area contributed by atoms with Crippen LogP contribution in [0.1, 0.15) is 72.1 Å². The zero-order valence-electron chi connectivity index (χ0n) is 13.4. The number of hydrogen-bond donors (Lipinski definition) is 1. The van der Waals surface area contributed by atoms with Crippen molar-refractivity contribution in [2.75, 3.05) is 19.6 Å². The number of unbranched alkanes of at least 4 members (excludes halogenated alkanes) is 6. The maximum absolute atomic E-state index is 12.6. The lowest BCUT2D eigenvalue weighted by molar-refractivity contribution is -1.14. The van der Waals surface area contributed by atoms with Crippen LogP contribution in [0.2, 0.25) is 0 Å². The lowest BCUT2D eigenvalue weighted by Crippen LogP contribution is -3.00. The molecule has 0 aromatic carbocycles. The van der Waals surface area contributed by atoms with Gasteiger partial charge in [-0.1, -0.05) is 51.9 Å². The number of nitrogens with zero attached hydrogens (tertiary/aromatic N) is 1. The number of aliphatic hydroxyl groups excluding tert-OH is 1. The number of halogens is 2.